The van der Waals surface area contributed by atoms with E-state index in [0.29, 0.717) is 6.54 Å². The van der Waals surface area contributed by atoms with Crippen LogP contribution >= 0.6 is 0 Å². The van der Waals surface area contributed by atoms with Gasteiger partial charge in [-0.15, -0.1) is 0 Å². The van der Waals surface area contributed by atoms with E-state index in [1.165, 1.54) is 0 Å². The Bertz CT molecular complexity index is 409. The third-order valence-corrected chi connectivity index (χ3v) is 2.96. The topological polar surface area (TPSA) is 47.6 Å². The van der Waals surface area contributed by atoms with E-state index in [4.69, 9.17) is 9.47 Å². The number of hydrogen-bond acceptors (Lipinski definition) is 3. The first kappa shape index (κ1) is 11.9. The van der Waals surface area contributed by atoms with E-state index >= 15 is 0 Å². The van der Waals surface area contributed by atoms with Gasteiger partial charge in [0.15, 0.2) is 0 Å². The second-order valence-corrected chi connectivity index (χ2v) is 4.29. The van der Waals surface area contributed by atoms with Gasteiger partial charge in [0.05, 0.1) is 7.11 Å². The van der Waals surface area contributed by atoms with Crippen molar-refractivity contribution >= 4 is 5.91 Å². The number of rotatable bonds is 2. The highest BCUT2D eigenvalue weighted by molar-refractivity contribution is 5.77. The minimum absolute atomic E-state index is 0.0526. The van der Waals surface area contributed by atoms with E-state index in [2.05, 4.69) is 5.32 Å². The Morgan fingerprint density at radius 2 is 2.00 bits per heavy atom. The van der Waals surface area contributed by atoms with Crippen molar-refractivity contribution < 1.29 is 14.3 Å². The maximum atomic E-state index is 11.0. The van der Waals surface area contributed by atoms with Crippen LogP contribution in [0.4, 0.5) is 0 Å². The van der Waals surface area contributed by atoms with Crippen LogP contribution < -0.4 is 10.1 Å². The van der Waals surface area contributed by atoms with E-state index in [-0.39, 0.29) is 18.6 Å². The zero-order valence-electron chi connectivity index (χ0n) is 10.4. The van der Waals surface area contributed by atoms with Gasteiger partial charge in [-0.2, -0.15) is 0 Å². The maximum absolute atomic E-state index is 11.0. The number of ether oxygens (including phenoxy) is 2. The summed E-state index contributed by atoms with van der Waals surface area (Å²) in [6.07, 6.45) is -0.0593. The number of amides is 1. The predicted molar refractivity (Wildman–Crippen MR) is 64.2 cm³/mol. The fourth-order valence-electron chi connectivity index (χ4n) is 2.20. The van der Waals surface area contributed by atoms with Gasteiger partial charge in [0.1, 0.15) is 18.5 Å². The Hall–Kier alpha value is -1.55. The first-order valence-electron chi connectivity index (χ1n) is 5.65. The largest absolute Gasteiger partial charge is 0.496 e. The van der Waals surface area contributed by atoms with Crippen molar-refractivity contribution in [2.45, 2.75) is 20.0 Å². The van der Waals surface area contributed by atoms with Gasteiger partial charge < -0.3 is 14.8 Å². The number of morpholine rings is 1. The van der Waals surface area contributed by atoms with Crippen molar-refractivity contribution in [3.05, 3.63) is 28.8 Å². The van der Waals surface area contributed by atoms with Crippen molar-refractivity contribution in [3.8, 4) is 5.75 Å². The fourth-order valence-corrected chi connectivity index (χ4v) is 2.20. The van der Waals surface area contributed by atoms with Gasteiger partial charge in [-0.05, 0) is 42.7 Å². The summed E-state index contributed by atoms with van der Waals surface area (Å²) in [4.78, 5) is 11.0. The van der Waals surface area contributed by atoms with Crippen molar-refractivity contribution in [1.82, 2.24) is 5.32 Å². The molecule has 1 fully saturated rings. The highest BCUT2D eigenvalue weighted by atomic mass is 16.5. The van der Waals surface area contributed by atoms with E-state index in [1.54, 1.807) is 7.11 Å². The summed E-state index contributed by atoms with van der Waals surface area (Å²) in [5, 5.41) is 2.80. The number of carbonyl (C=O) groups excluding carboxylic acids is 1. The second kappa shape index (κ2) is 4.75. The molecule has 17 heavy (non-hydrogen) atoms. The Labute approximate surface area is 101 Å². The molecule has 0 radical (unpaired) electrons. The van der Waals surface area contributed by atoms with Crippen molar-refractivity contribution in [2.24, 2.45) is 0 Å². The Morgan fingerprint density at radius 1 is 1.35 bits per heavy atom. The van der Waals surface area contributed by atoms with Gasteiger partial charge in [-0.1, -0.05) is 0 Å². The number of benzene rings is 1. The molecule has 1 aromatic rings. The molecule has 0 aliphatic carbocycles. The number of hydrogen-bond donors (Lipinski definition) is 1. The normalized spacial score (nSPS) is 19.9. The molecule has 92 valence electrons. The first-order chi connectivity index (χ1) is 8.11. The minimum Gasteiger partial charge on any atom is -0.496 e. The molecule has 1 atom stereocenters. The van der Waals surface area contributed by atoms with Crippen LogP contribution in [-0.2, 0) is 9.53 Å². The number of methoxy groups -OCH3 is 1. The molecule has 0 saturated carbocycles. The molecular weight excluding hydrogens is 218 g/mol. The van der Waals surface area contributed by atoms with Crippen LogP contribution in [0, 0.1) is 13.8 Å². The molecule has 0 bridgehead atoms. The van der Waals surface area contributed by atoms with Gasteiger partial charge in [0.25, 0.3) is 0 Å². The van der Waals surface area contributed by atoms with Crippen LogP contribution in [0.2, 0.25) is 0 Å². The lowest BCUT2D eigenvalue weighted by Gasteiger charge is -2.24. The van der Waals surface area contributed by atoms with Crippen LogP contribution in [0.25, 0.3) is 0 Å². The lowest BCUT2D eigenvalue weighted by atomic mass is 10.0. The van der Waals surface area contributed by atoms with Crippen LogP contribution in [0.15, 0.2) is 12.1 Å². The third-order valence-electron chi connectivity index (χ3n) is 2.96. The Balaban J connectivity index is 2.25. The summed E-state index contributed by atoms with van der Waals surface area (Å²) in [7, 11) is 1.67. The van der Waals surface area contributed by atoms with Crippen molar-refractivity contribution in [1.29, 1.82) is 0 Å². The van der Waals surface area contributed by atoms with Crippen LogP contribution in [-0.4, -0.2) is 26.2 Å². The monoisotopic (exact) mass is 235 g/mol. The summed E-state index contributed by atoms with van der Waals surface area (Å²) in [5.74, 6) is 0.858. The summed E-state index contributed by atoms with van der Waals surface area (Å²) in [5.41, 5.74) is 3.26. The maximum Gasteiger partial charge on any atom is 0.246 e. The zero-order chi connectivity index (χ0) is 12.4. The van der Waals surface area contributed by atoms with Crippen molar-refractivity contribution in [3.63, 3.8) is 0 Å². The average molecular weight is 235 g/mol. The number of nitrogens with one attached hydrogen (secondary N) is 1. The van der Waals surface area contributed by atoms with E-state index in [0.717, 1.165) is 22.4 Å². The quantitative estimate of drug-likeness (QED) is 0.845. The minimum atomic E-state index is -0.0593. The average Bonchev–Trinajstić information content (AvgIpc) is 2.29. The molecule has 1 N–H and O–H groups in total. The van der Waals surface area contributed by atoms with Gasteiger partial charge in [0.2, 0.25) is 5.91 Å². The molecule has 1 saturated heterocycles. The molecule has 2 rings (SSSR count). The molecule has 1 aliphatic rings. The van der Waals surface area contributed by atoms with Gasteiger partial charge in [-0.25, -0.2) is 0 Å². The molecule has 0 spiro atoms. The molecule has 4 nitrogen and oxygen atoms in total. The SMILES string of the molecule is COc1c(C)cc([C@H]2CNC(=O)CO2)cc1C. The van der Waals surface area contributed by atoms with Crippen LogP contribution in [0.1, 0.15) is 22.8 Å². The molecule has 1 aliphatic heterocycles. The standard InChI is InChI=1S/C13H17NO3/c1-8-4-10(5-9(2)13(8)16-3)11-6-14-12(15)7-17-11/h4-5,11H,6-7H2,1-3H3,(H,14,15)/t11-/m1/s1. The smallest absolute Gasteiger partial charge is 0.246 e. The van der Waals surface area contributed by atoms with Gasteiger partial charge in [0, 0.05) is 6.54 Å². The van der Waals surface area contributed by atoms with Crippen LogP contribution in [0.5, 0.6) is 5.75 Å². The molecular formula is C13H17NO3. The van der Waals surface area contributed by atoms with E-state index in [9.17, 15) is 4.79 Å². The zero-order valence-corrected chi connectivity index (χ0v) is 10.4. The molecule has 1 heterocycles. The second-order valence-electron chi connectivity index (χ2n) is 4.29. The molecule has 0 aromatic heterocycles. The first-order valence-corrected chi connectivity index (χ1v) is 5.65. The summed E-state index contributed by atoms with van der Waals surface area (Å²) < 4.78 is 10.8. The predicted octanol–water partition coefficient (Wildman–Crippen LogP) is 1.50. The van der Waals surface area contributed by atoms with E-state index < -0.39 is 0 Å². The number of aryl methyl sites for hydroxylation is 2. The molecule has 1 amide bonds. The van der Waals surface area contributed by atoms with Gasteiger partial charge >= 0.3 is 0 Å². The molecule has 0 unspecified atom stereocenters. The lowest BCUT2D eigenvalue weighted by molar-refractivity contribution is -0.133. The fraction of sp³-hybridized carbons (Fsp3) is 0.462. The molecule has 1 aromatic carbocycles. The summed E-state index contributed by atoms with van der Waals surface area (Å²) in [6.45, 7) is 4.69. The molecule has 4 heteroatoms. The highest BCUT2D eigenvalue weighted by Gasteiger charge is 2.21. The van der Waals surface area contributed by atoms with Crippen LogP contribution in [0.3, 0.4) is 0 Å². The summed E-state index contributed by atoms with van der Waals surface area (Å²) >= 11 is 0. The van der Waals surface area contributed by atoms with Gasteiger partial charge in [-0.3, -0.25) is 4.79 Å². The summed E-state index contributed by atoms with van der Waals surface area (Å²) in [6, 6.07) is 4.10. The van der Waals surface area contributed by atoms with E-state index in [1.807, 2.05) is 26.0 Å². The Kier molecular flexibility index (Phi) is 3.33. The highest BCUT2D eigenvalue weighted by Crippen LogP contribution is 2.28. The third kappa shape index (κ3) is 2.42. The van der Waals surface area contributed by atoms with Crippen molar-refractivity contribution in [2.75, 3.05) is 20.3 Å². The Morgan fingerprint density at radius 3 is 2.47 bits per heavy atom. The number of carbonyl (C=O) groups is 1. The lowest BCUT2D eigenvalue weighted by Crippen LogP contribution is -2.38.